The van der Waals surface area contributed by atoms with Gasteiger partial charge >= 0.3 is 6.09 Å². The van der Waals surface area contributed by atoms with Crippen LogP contribution in [0.15, 0.2) is 60.7 Å². The van der Waals surface area contributed by atoms with Gasteiger partial charge in [0.1, 0.15) is 6.61 Å². The Hall–Kier alpha value is -2.41. The molecule has 4 atom stereocenters. The number of carbonyl (C=O) groups is 1. The highest BCUT2D eigenvalue weighted by molar-refractivity contribution is 5.67. The van der Waals surface area contributed by atoms with Crippen LogP contribution < -0.4 is 10.6 Å². The van der Waals surface area contributed by atoms with Crippen LogP contribution in [0.25, 0.3) is 0 Å². The van der Waals surface area contributed by atoms with Gasteiger partial charge < -0.3 is 24.8 Å². The van der Waals surface area contributed by atoms with Crippen LogP contribution in [0.3, 0.4) is 0 Å². The number of alkyl carbamates (subject to hydrolysis) is 1. The summed E-state index contributed by atoms with van der Waals surface area (Å²) in [6.07, 6.45) is 0.679. The maximum Gasteiger partial charge on any atom is 0.407 e. The van der Waals surface area contributed by atoms with Crippen molar-refractivity contribution < 1.29 is 19.0 Å². The lowest BCUT2D eigenvalue weighted by Crippen LogP contribution is -2.51. The maximum atomic E-state index is 12.1. The number of nitrogens with one attached hydrogen (secondary N) is 2. The Morgan fingerprint density at radius 2 is 1.79 bits per heavy atom. The second-order valence-electron chi connectivity index (χ2n) is 7.29. The zero-order valence-electron chi connectivity index (χ0n) is 17.0. The Morgan fingerprint density at radius 3 is 2.48 bits per heavy atom. The molecule has 0 saturated carbocycles. The molecule has 1 saturated heterocycles. The first-order valence-electron chi connectivity index (χ1n) is 10.1. The van der Waals surface area contributed by atoms with E-state index in [1.54, 1.807) is 7.11 Å². The molecule has 156 valence electrons. The van der Waals surface area contributed by atoms with Crippen molar-refractivity contribution in [3.05, 3.63) is 71.8 Å². The molecule has 1 amide bonds. The van der Waals surface area contributed by atoms with Crippen molar-refractivity contribution in [2.45, 2.75) is 50.8 Å². The number of hydrogen-bond acceptors (Lipinski definition) is 5. The first-order valence-corrected chi connectivity index (χ1v) is 10.1. The van der Waals surface area contributed by atoms with Crippen LogP contribution in [-0.4, -0.2) is 38.2 Å². The van der Waals surface area contributed by atoms with E-state index in [1.165, 1.54) is 5.56 Å². The molecule has 1 aliphatic heterocycles. The van der Waals surface area contributed by atoms with Crippen molar-refractivity contribution in [1.29, 1.82) is 0 Å². The number of carbonyl (C=O) groups excluding carboxylic acids is 1. The number of benzene rings is 2. The van der Waals surface area contributed by atoms with Crippen LogP contribution in [0.4, 0.5) is 4.79 Å². The number of rotatable bonds is 8. The third-order valence-corrected chi connectivity index (χ3v) is 5.15. The van der Waals surface area contributed by atoms with Crippen molar-refractivity contribution in [2.24, 2.45) is 0 Å². The van der Waals surface area contributed by atoms with Crippen LogP contribution >= 0.6 is 0 Å². The van der Waals surface area contributed by atoms with Gasteiger partial charge in [0.2, 0.25) is 0 Å². The summed E-state index contributed by atoms with van der Waals surface area (Å²) in [6.45, 7) is 3.10. The summed E-state index contributed by atoms with van der Waals surface area (Å²) in [5, 5.41) is 6.38. The number of amides is 1. The molecular weight excluding hydrogens is 368 g/mol. The third kappa shape index (κ3) is 6.56. The second kappa shape index (κ2) is 11.0. The molecule has 1 heterocycles. The van der Waals surface area contributed by atoms with E-state index < -0.39 is 12.4 Å². The van der Waals surface area contributed by atoms with E-state index in [-0.39, 0.29) is 24.8 Å². The Balaban J connectivity index is 1.42. The van der Waals surface area contributed by atoms with Crippen LogP contribution in [0.5, 0.6) is 0 Å². The topological polar surface area (TPSA) is 68.8 Å². The number of methoxy groups -OCH3 is 1. The smallest absolute Gasteiger partial charge is 0.407 e. The summed E-state index contributed by atoms with van der Waals surface area (Å²) in [7, 11) is 1.59. The predicted octanol–water partition coefficient (Wildman–Crippen LogP) is 3.78. The van der Waals surface area contributed by atoms with E-state index >= 15 is 0 Å². The van der Waals surface area contributed by atoms with Gasteiger partial charge in [-0.2, -0.15) is 0 Å². The van der Waals surface area contributed by atoms with Gasteiger partial charge in [0.25, 0.3) is 0 Å². The number of ether oxygens (including phenoxy) is 3. The molecule has 0 unspecified atom stereocenters. The molecule has 3 rings (SSSR count). The number of hydrogen-bond donors (Lipinski definition) is 2. The fourth-order valence-electron chi connectivity index (χ4n) is 3.45. The van der Waals surface area contributed by atoms with Gasteiger partial charge in [0.15, 0.2) is 6.29 Å². The summed E-state index contributed by atoms with van der Waals surface area (Å²) >= 11 is 0. The lowest BCUT2D eigenvalue weighted by Gasteiger charge is -2.36. The van der Waals surface area contributed by atoms with Crippen LogP contribution in [-0.2, 0) is 20.8 Å². The third-order valence-electron chi connectivity index (χ3n) is 5.15. The molecular formula is C23H30N2O4. The Kier molecular flexibility index (Phi) is 8.04. The van der Waals surface area contributed by atoms with E-state index in [1.807, 2.05) is 48.5 Å². The molecule has 6 nitrogen and oxygen atoms in total. The van der Waals surface area contributed by atoms with E-state index in [0.717, 1.165) is 24.9 Å². The summed E-state index contributed by atoms with van der Waals surface area (Å²) in [6, 6.07) is 19.9. The van der Waals surface area contributed by atoms with Crippen LogP contribution in [0, 0.1) is 0 Å². The Morgan fingerprint density at radius 1 is 1.10 bits per heavy atom. The predicted molar refractivity (Wildman–Crippen MR) is 111 cm³/mol. The van der Waals surface area contributed by atoms with Crippen LogP contribution in [0.1, 0.15) is 36.9 Å². The molecule has 6 heteroatoms. The molecule has 1 aliphatic rings. The van der Waals surface area contributed by atoms with Gasteiger partial charge in [0, 0.05) is 19.7 Å². The molecule has 2 aromatic rings. The van der Waals surface area contributed by atoms with Crippen molar-refractivity contribution in [3.63, 3.8) is 0 Å². The van der Waals surface area contributed by atoms with Gasteiger partial charge in [-0.05, 0) is 30.9 Å². The SMILES string of the molecule is CO[C@H]1O[C@H](CN[C@H](C)c2ccccc2)CC[C@H]1NC(=O)OCc1ccccc1. The van der Waals surface area contributed by atoms with Gasteiger partial charge in [0.05, 0.1) is 12.1 Å². The van der Waals surface area contributed by atoms with Gasteiger partial charge in [-0.25, -0.2) is 4.79 Å². The zero-order valence-corrected chi connectivity index (χ0v) is 17.0. The van der Waals surface area contributed by atoms with Gasteiger partial charge in [-0.15, -0.1) is 0 Å². The second-order valence-corrected chi connectivity index (χ2v) is 7.29. The Labute approximate surface area is 172 Å². The minimum atomic E-state index is -0.494. The standard InChI is InChI=1S/C23H30N2O4/c1-17(19-11-7-4-8-12-19)24-15-20-13-14-21(22(27-2)29-20)25-23(26)28-16-18-9-5-3-6-10-18/h3-12,17,20-22,24H,13-16H2,1-2H3,(H,25,26)/t17-,20+,21-,22+/m1/s1. The first-order chi connectivity index (χ1) is 14.2. The van der Waals surface area contributed by atoms with E-state index in [2.05, 4.69) is 29.7 Å². The molecule has 1 fully saturated rings. The molecule has 0 spiro atoms. The lowest BCUT2D eigenvalue weighted by atomic mass is 10.0. The van der Waals surface area contributed by atoms with E-state index in [4.69, 9.17) is 14.2 Å². The van der Waals surface area contributed by atoms with E-state index in [9.17, 15) is 4.79 Å². The van der Waals surface area contributed by atoms with Crippen molar-refractivity contribution in [3.8, 4) is 0 Å². The first kappa shape index (κ1) is 21.3. The molecule has 0 aliphatic carbocycles. The summed E-state index contributed by atoms with van der Waals surface area (Å²) in [4.78, 5) is 12.1. The van der Waals surface area contributed by atoms with Gasteiger partial charge in [-0.3, -0.25) is 0 Å². The van der Waals surface area contributed by atoms with Crippen LogP contribution in [0.2, 0.25) is 0 Å². The Bertz CT molecular complexity index is 741. The molecule has 2 N–H and O–H groups in total. The van der Waals surface area contributed by atoms with Crippen molar-refractivity contribution in [1.82, 2.24) is 10.6 Å². The average molecular weight is 399 g/mol. The highest BCUT2D eigenvalue weighted by Gasteiger charge is 2.32. The summed E-state index contributed by atoms with van der Waals surface area (Å²) < 4.78 is 16.8. The maximum absolute atomic E-state index is 12.1. The fraction of sp³-hybridized carbons (Fsp3) is 0.435. The molecule has 29 heavy (non-hydrogen) atoms. The monoisotopic (exact) mass is 398 g/mol. The normalized spacial score (nSPS) is 22.6. The quantitative estimate of drug-likeness (QED) is 0.708. The minimum absolute atomic E-state index is 0.0319. The minimum Gasteiger partial charge on any atom is -0.445 e. The molecule has 0 radical (unpaired) electrons. The molecule has 0 bridgehead atoms. The summed E-state index contributed by atoms with van der Waals surface area (Å²) in [5.41, 5.74) is 2.19. The van der Waals surface area contributed by atoms with E-state index in [0.29, 0.717) is 0 Å². The fourth-order valence-corrected chi connectivity index (χ4v) is 3.45. The zero-order chi connectivity index (χ0) is 20.5. The molecule has 0 aromatic heterocycles. The largest absolute Gasteiger partial charge is 0.445 e. The molecule has 2 aromatic carbocycles. The van der Waals surface area contributed by atoms with Gasteiger partial charge in [-0.1, -0.05) is 60.7 Å². The highest BCUT2D eigenvalue weighted by atomic mass is 16.7. The lowest BCUT2D eigenvalue weighted by molar-refractivity contribution is -0.192. The van der Waals surface area contributed by atoms with Crippen molar-refractivity contribution >= 4 is 6.09 Å². The van der Waals surface area contributed by atoms with Crippen molar-refractivity contribution in [2.75, 3.05) is 13.7 Å². The summed E-state index contributed by atoms with van der Waals surface area (Å²) in [5.74, 6) is 0. The average Bonchev–Trinajstić information content (AvgIpc) is 2.78. The highest BCUT2D eigenvalue weighted by Crippen LogP contribution is 2.21.